The number of hydrogen-bond acceptors (Lipinski definition) is 5. The van der Waals surface area contributed by atoms with E-state index in [0.29, 0.717) is 48.4 Å². The van der Waals surface area contributed by atoms with Crippen molar-refractivity contribution in [1.82, 2.24) is 20.1 Å². The summed E-state index contributed by atoms with van der Waals surface area (Å²) >= 11 is 3.24. The molecule has 134 valence electrons. The monoisotopic (exact) mass is 410 g/mol. The van der Waals surface area contributed by atoms with Crippen LogP contribution in [0.2, 0.25) is 0 Å². The van der Waals surface area contributed by atoms with Crippen molar-refractivity contribution < 1.29 is 13.9 Å². The molecule has 0 atom stereocenters. The summed E-state index contributed by atoms with van der Waals surface area (Å²) < 4.78 is 19.9. The molecule has 0 aliphatic carbocycles. The van der Waals surface area contributed by atoms with E-state index in [0.717, 1.165) is 12.8 Å². The van der Waals surface area contributed by atoms with E-state index in [-0.39, 0.29) is 17.5 Å². The van der Waals surface area contributed by atoms with Gasteiger partial charge >= 0.3 is 6.09 Å². The predicted molar refractivity (Wildman–Crippen MR) is 94.8 cm³/mol. The second-order valence-corrected chi connectivity index (χ2v) is 7.07. The van der Waals surface area contributed by atoms with Crippen molar-refractivity contribution in [2.45, 2.75) is 38.5 Å². The first-order valence-electron chi connectivity index (χ1n) is 8.49. The summed E-state index contributed by atoms with van der Waals surface area (Å²) in [5.74, 6) is 0.185. The quantitative estimate of drug-likeness (QED) is 0.711. The smallest absolute Gasteiger partial charge is 0.409 e. The minimum atomic E-state index is -0.419. The number of aromatic nitrogens is 3. The van der Waals surface area contributed by atoms with Gasteiger partial charge in [-0.05, 0) is 31.4 Å². The summed E-state index contributed by atoms with van der Waals surface area (Å²) in [7, 11) is 0. The number of hydrogen-bond donors (Lipinski definition) is 0. The van der Waals surface area contributed by atoms with Gasteiger partial charge < -0.3 is 9.64 Å². The lowest BCUT2D eigenvalue weighted by atomic mass is 9.96. The van der Waals surface area contributed by atoms with Crippen molar-refractivity contribution in [3.8, 4) is 0 Å². The Morgan fingerprint density at radius 3 is 2.84 bits per heavy atom. The number of amides is 1. The molecule has 1 saturated heterocycles. The van der Waals surface area contributed by atoms with Gasteiger partial charge in [0.25, 0.3) is 0 Å². The normalized spacial score (nSPS) is 15.6. The van der Waals surface area contributed by atoms with Crippen molar-refractivity contribution in [3.05, 3.63) is 28.2 Å². The molecule has 1 aromatic carbocycles. The Labute approximate surface area is 153 Å². The number of fused-ring (bicyclic) bond motifs is 1. The summed E-state index contributed by atoms with van der Waals surface area (Å²) in [6.45, 7) is 3.68. The van der Waals surface area contributed by atoms with Crippen LogP contribution in [0.15, 0.2) is 16.6 Å². The van der Waals surface area contributed by atoms with Crippen molar-refractivity contribution in [2.24, 2.45) is 0 Å². The van der Waals surface area contributed by atoms with Crippen LogP contribution in [0, 0.1) is 5.82 Å². The van der Waals surface area contributed by atoms with Crippen LogP contribution in [-0.4, -0.2) is 45.9 Å². The molecule has 1 aliphatic rings. The molecule has 1 aliphatic heterocycles. The highest BCUT2D eigenvalue weighted by atomic mass is 79.9. The van der Waals surface area contributed by atoms with Gasteiger partial charge in [0.05, 0.1) is 6.61 Å². The molecule has 1 fully saturated rings. The number of carbonyl (C=O) groups is 1. The van der Waals surface area contributed by atoms with Gasteiger partial charge in [0.2, 0.25) is 0 Å². The van der Waals surface area contributed by atoms with Gasteiger partial charge in [-0.15, -0.1) is 10.2 Å². The molecule has 3 rings (SSSR count). The van der Waals surface area contributed by atoms with E-state index in [1.54, 1.807) is 11.0 Å². The van der Waals surface area contributed by atoms with Gasteiger partial charge in [-0.25, -0.2) is 14.2 Å². The highest BCUT2D eigenvalue weighted by Gasteiger charge is 2.27. The number of carbonyl (C=O) groups excluding carboxylic acids is 1. The molecule has 25 heavy (non-hydrogen) atoms. The van der Waals surface area contributed by atoms with Crippen LogP contribution in [0.4, 0.5) is 9.18 Å². The average molecular weight is 411 g/mol. The Morgan fingerprint density at radius 1 is 1.36 bits per heavy atom. The third kappa shape index (κ3) is 4.23. The molecule has 0 spiro atoms. The number of nitrogens with zero attached hydrogens (tertiary/aromatic N) is 4. The third-order valence-corrected chi connectivity index (χ3v) is 4.79. The molecule has 0 bridgehead atoms. The van der Waals surface area contributed by atoms with Crippen LogP contribution < -0.4 is 0 Å². The van der Waals surface area contributed by atoms with E-state index in [1.807, 2.05) is 0 Å². The Hall–Kier alpha value is -1.83. The number of unbranched alkanes of at least 4 members (excludes halogenated alkanes) is 1. The van der Waals surface area contributed by atoms with Crippen LogP contribution in [0.1, 0.15) is 44.3 Å². The first-order chi connectivity index (χ1) is 12.1. The summed E-state index contributed by atoms with van der Waals surface area (Å²) in [6, 6.07) is 3.06. The molecule has 1 aromatic heterocycles. The molecule has 2 aromatic rings. The highest BCUT2D eigenvalue weighted by Crippen LogP contribution is 2.27. The maximum atomic E-state index is 14.1. The minimum Gasteiger partial charge on any atom is -0.449 e. The lowest BCUT2D eigenvalue weighted by Gasteiger charge is -2.30. The number of likely N-dealkylation sites (tertiary alicyclic amines) is 1. The fraction of sp³-hybridized carbons (Fsp3) is 0.529. The average Bonchev–Trinajstić information content (AvgIpc) is 2.61. The fourth-order valence-corrected chi connectivity index (χ4v) is 3.29. The molecule has 0 radical (unpaired) electrons. The van der Waals surface area contributed by atoms with Crippen molar-refractivity contribution in [2.75, 3.05) is 19.7 Å². The predicted octanol–water partition coefficient (Wildman–Crippen LogP) is 4.04. The van der Waals surface area contributed by atoms with Gasteiger partial charge in [-0.1, -0.05) is 29.3 Å². The van der Waals surface area contributed by atoms with E-state index in [4.69, 9.17) is 4.74 Å². The zero-order valence-electron chi connectivity index (χ0n) is 14.0. The van der Waals surface area contributed by atoms with Gasteiger partial charge in [-0.3, -0.25) is 0 Å². The van der Waals surface area contributed by atoms with E-state index in [9.17, 15) is 9.18 Å². The van der Waals surface area contributed by atoms with Crippen molar-refractivity contribution in [1.29, 1.82) is 0 Å². The second-order valence-electron chi connectivity index (χ2n) is 6.15. The topological polar surface area (TPSA) is 68.2 Å². The van der Waals surface area contributed by atoms with Crippen LogP contribution >= 0.6 is 15.9 Å². The molecule has 1 amide bonds. The molecular weight excluding hydrogens is 391 g/mol. The fourth-order valence-electron chi connectivity index (χ4n) is 2.87. The number of piperidine rings is 1. The minimum absolute atomic E-state index is 0.0691. The molecule has 0 saturated carbocycles. The third-order valence-electron chi connectivity index (χ3n) is 4.34. The number of rotatable bonds is 4. The van der Waals surface area contributed by atoms with Crippen LogP contribution in [0.3, 0.4) is 0 Å². The molecule has 0 unspecified atom stereocenters. The first-order valence-corrected chi connectivity index (χ1v) is 9.29. The number of ether oxygens (including phenoxy) is 1. The van der Waals surface area contributed by atoms with E-state index >= 15 is 0 Å². The Kier molecular flexibility index (Phi) is 5.78. The number of benzene rings is 1. The zero-order chi connectivity index (χ0) is 17.8. The highest BCUT2D eigenvalue weighted by molar-refractivity contribution is 9.10. The Morgan fingerprint density at radius 2 is 2.12 bits per heavy atom. The summed E-state index contributed by atoms with van der Waals surface area (Å²) in [6.07, 6.45) is 3.04. The first kappa shape index (κ1) is 18.0. The Balaban J connectivity index is 1.65. The molecule has 2 heterocycles. The molecule has 0 N–H and O–H groups in total. The van der Waals surface area contributed by atoms with Gasteiger partial charge in [-0.2, -0.15) is 0 Å². The van der Waals surface area contributed by atoms with Crippen molar-refractivity contribution >= 4 is 33.1 Å². The largest absolute Gasteiger partial charge is 0.449 e. The second kappa shape index (κ2) is 8.03. The lowest BCUT2D eigenvalue weighted by Crippen LogP contribution is -2.38. The van der Waals surface area contributed by atoms with Crippen LogP contribution in [0.5, 0.6) is 0 Å². The standard InChI is InChI=1S/C17H20BrFN4O2/c1-2-3-8-25-17(24)23-6-4-11(5-7-23)16-20-15-13(19)9-12(18)10-14(15)21-22-16/h9-11H,2-8H2,1H3. The van der Waals surface area contributed by atoms with Crippen molar-refractivity contribution in [3.63, 3.8) is 0 Å². The molecule has 8 heteroatoms. The maximum Gasteiger partial charge on any atom is 0.409 e. The van der Waals surface area contributed by atoms with Gasteiger partial charge in [0, 0.05) is 23.5 Å². The summed E-state index contributed by atoms with van der Waals surface area (Å²) in [4.78, 5) is 18.0. The molecule has 6 nitrogen and oxygen atoms in total. The zero-order valence-corrected chi connectivity index (χ0v) is 15.6. The van der Waals surface area contributed by atoms with E-state index in [2.05, 4.69) is 38.0 Å². The van der Waals surface area contributed by atoms with Gasteiger partial charge in [0.1, 0.15) is 11.0 Å². The van der Waals surface area contributed by atoms with Crippen LogP contribution in [-0.2, 0) is 4.74 Å². The lowest BCUT2D eigenvalue weighted by molar-refractivity contribution is 0.0911. The Bertz CT molecular complexity index is 766. The maximum absolute atomic E-state index is 14.1. The van der Waals surface area contributed by atoms with E-state index in [1.165, 1.54) is 6.07 Å². The van der Waals surface area contributed by atoms with Crippen LogP contribution in [0.25, 0.3) is 11.0 Å². The van der Waals surface area contributed by atoms with E-state index < -0.39 is 5.82 Å². The number of halogens is 2. The summed E-state index contributed by atoms with van der Waals surface area (Å²) in [5.41, 5.74) is 0.655. The summed E-state index contributed by atoms with van der Waals surface area (Å²) in [5, 5.41) is 8.25. The molecular formula is C17H20BrFN4O2. The van der Waals surface area contributed by atoms with Gasteiger partial charge in [0.15, 0.2) is 11.6 Å². The SMILES string of the molecule is CCCCOC(=O)N1CCC(c2nnc3cc(Br)cc(F)c3n2)CC1.